The lowest BCUT2D eigenvalue weighted by molar-refractivity contribution is 0.590. The first-order valence-electron chi connectivity index (χ1n) is 32.4. The molecule has 0 unspecified atom stereocenters. The van der Waals surface area contributed by atoms with Crippen LogP contribution in [0.1, 0.15) is 133 Å². The van der Waals surface area contributed by atoms with Crippen LogP contribution < -0.4 is 0 Å². The van der Waals surface area contributed by atoms with Crippen molar-refractivity contribution in [1.82, 2.24) is 0 Å². The molecule has 13 rings (SSSR count). The second-order valence-corrected chi connectivity index (χ2v) is 29.5. The monoisotopic (exact) mass is 1160 g/mol. The van der Waals surface area contributed by atoms with Crippen molar-refractivity contribution in [2.45, 2.75) is 117 Å². The first-order valence-corrected chi connectivity index (χ1v) is 32.4. The maximum Gasteiger partial charge on any atom is 0.0714 e. The minimum absolute atomic E-state index is 0.0448. The molecule has 0 radical (unpaired) electrons. The molecule has 0 aromatic heterocycles. The van der Waals surface area contributed by atoms with Gasteiger partial charge >= 0.3 is 0 Å². The van der Waals surface area contributed by atoms with Crippen molar-refractivity contribution in [3.8, 4) is 100 Å². The standard InChI is InChI=1S/C90H84/c1-59-23-19-33-82-84(59)85-81(80-31-18-17-30-79(80)64-24-15-14-16-25-64)32-22-34-83(85)90(82,77-28-20-26-65(57-77)71-53-67(60-35-43-73(44-36-60)86(2,3)4)51-68(54-71)61-37-45-74(46-38-61)87(5,6)7)78-29-21-27-66(58-78)72-55-69(62-39-47-75(48-40-62)88(8,9)10)52-70(56-72)63-41-49-76(50-42-63)89(11,12)13/h14-58H,1-13H3. The summed E-state index contributed by atoms with van der Waals surface area (Å²) in [7, 11) is 0. The van der Waals surface area contributed by atoms with Gasteiger partial charge in [0.15, 0.2) is 0 Å². The van der Waals surface area contributed by atoms with Gasteiger partial charge in [0.25, 0.3) is 0 Å². The van der Waals surface area contributed by atoms with Crippen molar-refractivity contribution in [3.05, 3.63) is 323 Å². The molecule has 0 bridgehead atoms. The highest BCUT2D eigenvalue weighted by molar-refractivity contribution is 6.00. The molecule has 12 aromatic carbocycles. The lowest BCUT2D eigenvalue weighted by Gasteiger charge is -2.35. The molecule has 0 N–H and O–H groups in total. The molecular formula is C90H84. The Balaban J connectivity index is 1.06. The molecule has 0 heterocycles. The van der Waals surface area contributed by atoms with Gasteiger partial charge in [-0.25, -0.2) is 0 Å². The number of rotatable bonds is 10. The van der Waals surface area contributed by atoms with Gasteiger partial charge in [-0.15, -0.1) is 0 Å². The van der Waals surface area contributed by atoms with Crippen LogP contribution in [-0.2, 0) is 27.1 Å². The Labute approximate surface area is 537 Å². The third-order valence-electron chi connectivity index (χ3n) is 19.2. The van der Waals surface area contributed by atoms with Gasteiger partial charge in [-0.3, -0.25) is 0 Å². The Hall–Kier alpha value is -9.36. The summed E-state index contributed by atoms with van der Waals surface area (Å²) < 4.78 is 0. The average molecular weight is 1170 g/mol. The third kappa shape index (κ3) is 11.2. The average Bonchev–Trinajstić information content (AvgIpc) is 1.51. The summed E-state index contributed by atoms with van der Waals surface area (Å²) in [6.07, 6.45) is 0. The van der Waals surface area contributed by atoms with Crippen molar-refractivity contribution < 1.29 is 0 Å². The minimum atomic E-state index is -0.752. The number of hydrogen-bond acceptors (Lipinski definition) is 0. The number of hydrogen-bond donors (Lipinski definition) is 0. The predicted octanol–water partition coefficient (Wildman–Crippen LogP) is 24.9. The quantitative estimate of drug-likeness (QED) is 0.128. The molecule has 0 saturated heterocycles. The normalized spacial score (nSPS) is 13.0. The van der Waals surface area contributed by atoms with Crippen LogP contribution in [0.5, 0.6) is 0 Å². The van der Waals surface area contributed by atoms with Crippen LogP contribution >= 0.6 is 0 Å². The molecule has 1 aliphatic rings. The van der Waals surface area contributed by atoms with Gasteiger partial charge < -0.3 is 0 Å². The summed E-state index contributed by atoms with van der Waals surface area (Å²) in [6.45, 7) is 29.8. The lowest BCUT2D eigenvalue weighted by Crippen LogP contribution is -2.28. The SMILES string of the molecule is Cc1cccc2c1-c1c(-c3ccccc3-c3ccccc3)cccc1C2(c1cccc(-c2cc(-c3ccc(C(C)(C)C)cc3)cc(-c3ccc(C(C)(C)C)cc3)c2)c1)c1cccc(-c2cc(-c3ccc(C(C)(C)C)cc3)cc(-c3ccc(C(C)(C)C)cc3)c2)c1. The van der Waals surface area contributed by atoms with E-state index in [9.17, 15) is 0 Å². The Morgan fingerprint density at radius 2 is 0.511 bits per heavy atom. The fraction of sp³-hybridized carbons (Fsp3) is 0.200. The van der Waals surface area contributed by atoms with Gasteiger partial charge in [-0.2, -0.15) is 0 Å². The molecule has 444 valence electrons. The van der Waals surface area contributed by atoms with E-state index in [2.05, 4.69) is 363 Å². The zero-order valence-corrected chi connectivity index (χ0v) is 55.0. The topological polar surface area (TPSA) is 0 Å². The summed E-state index contributed by atoms with van der Waals surface area (Å²) in [6, 6.07) is 105. The second kappa shape index (κ2) is 22.9. The summed E-state index contributed by atoms with van der Waals surface area (Å²) in [5.74, 6) is 0. The van der Waals surface area contributed by atoms with Gasteiger partial charge in [0.1, 0.15) is 0 Å². The molecule has 90 heavy (non-hydrogen) atoms. The summed E-state index contributed by atoms with van der Waals surface area (Å²) in [5.41, 5.74) is 32.7. The number of fused-ring (bicyclic) bond motifs is 3. The maximum absolute atomic E-state index is 2.52. The molecule has 0 spiro atoms. The van der Waals surface area contributed by atoms with E-state index < -0.39 is 5.41 Å². The van der Waals surface area contributed by atoms with Crippen molar-refractivity contribution in [3.63, 3.8) is 0 Å². The maximum atomic E-state index is 2.52. The first-order chi connectivity index (χ1) is 43.0. The van der Waals surface area contributed by atoms with Gasteiger partial charge in [0.2, 0.25) is 0 Å². The van der Waals surface area contributed by atoms with Crippen molar-refractivity contribution in [2.24, 2.45) is 0 Å². The minimum Gasteiger partial charge on any atom is -0.0622 e. The highest BCUT2D eigenvalue weighted by Gasteiger charge is 2.48. The van der Waals surface area contributed by atoms with Gasteiger partial charge in [0, 0.05) is 0 Å². The zero-order valence-electron chi connectivity index (χ0n) is 55.0. The van der Waals surface area contributed by atoms with E-state index in [1.165, 1.54) is 150 Å². The van der Waals surface area contributed by atoms with Crippen molar-refractivity contribution >= 4 is 0 Å². The largest absolute Gasteiger partial charge is 0.0714 e. The van der Waals surface area contributed by atoms with Gasteiger partial charge in [-0.1, -0.05) is 308 Å². The molecular weight excluding hydrogens is 1080 g/mol. The second-order valence-electron chi connectivity index (χ2n) is 29.5. The zero-order chi connectivity index (χ0) is 62.9. The molecule has 0 atom stereocenters. The fourth-order valence-corrected chi connectivity index (χ4v) is 14.0. The van der Waals surface area contributed by atoms with Crippen LogP contribution in [0.15, 0.2) is 273 Å². The molecule has 1 aliphatic carbocycles. The van der Waals surface area contributed by atoms with E-state index in [1.807, 2.05) is 0 Å². The lowest BCUT2D eigenvalue weighted by atomic mass is 9.66. The van der Waals surface area contributed by atoms with E-state index in [0.717, 1.165) is 0 Å². The summed E-state index contributed by atoms with van der Waals surface area (Å²) in [4.78, 5) is 0. The highest BCUT2D eigenvalue weighted by atomic mass is 14.5. The van der Waals surface area contributed by atoms with Crippen molar-refractivity contribution in [1.29, 1.82) is 0 Å². The smallest absolute Gasteiger partial charge is 0.0622 e. The predicted molar refractivity (Wildman–Crippen MR) is 387 cm³/mol. The van der Waals surface area contributed by atoms with Crippen LogP contribution in [0.25, 0.3) is 100 Å². The van der Waals surface area contributed by atoms with Crippen LogP contribution in [0.3, 0.4) is 0 Å². The summed E-state index contributed by atoms with van der Waals surface area (Å²) in [5, 5.41) is 0. The van der Waals surface area contributed by atoms with Crippen LogP contribution in [0.4, 0.5) is 0 Å². The van der Waals surface area contributed by atoms with E-state index in [-0.39, 0.29) is 21.7 Å². The van der Waals surface area contributed by atoms with E-state index >= 15 is 0 Å². The Kier molecular flexibility index (Phi) is 15.2. The number of aryl methyl sites for hydroxylation is 1. The molecule has 0 saturated carbocycles. The van der Waals surface area contributed by atoms with Gasteiger partial charge in [-0.05, 0) is 227 Å². The van der Waals surface area contributed by atoms with E-state index in [1.54, 1.807) is 0 Å². The Morgan fingerprint density at radius 3 is 0.889 bits per heavy atom. The molecule has 0 aliphatic heterocycles. The first kappa shape index (κ1) is 59.6. The molecule has 0 fully saturated rings. The third-order valence-corrected chi connectivity index (χ3v) is 19.2. The molecule has 0 nitrogen and oxygen atoms in total. The van der Waals surface area contributed by atoms with Crippen LogP contribution in [0, 0.1) is 6.92 Å². The van der Waals surface area contributed by atoms with E-state index in [0.29, 0.717) is 0 Å². The summed E-state index contributed by atoms with van der Waals surface area (Å²) >= 11 is 0. The molecule has 12 aromatic rings. The van der Waals surface area contributed by atoms with Crippen LogP contribution in [0.2, 0.25) is 0 Å². The van der Waals surface area contributed by atoms with Gasteiger partial charge in [0.05, 0.1) is 5.41 Å². The Bertz CT molecular complexity index is 4260. The Morgan fingerprint density at radius 1 is 0.211 bits per heavy atom. The highest BCUT2D eigenvalue weighted by Crippen LogP contribution is 2.60. The van der Waals surface area contributed by atoms with Crippen LogP contribution in [-0.4, -0.2) is 0 Å². The molecule has 0 heteroatoms. The molecule has 0 amide bonds. The fourth-order valence-electron chi connectivity index (χ4n) is 14.0. The number of benzene rings is 12. The van der Waals surface area contributed by atoms with Crippen molar-refractivity contribution in [2.75, 3.05) is 0 Å². The van der Waals surface area contributed by atoms with E-state index in [4.69, 9.17) is 0 Å².